The zero-order valence-corrected chi connectivity index (χ0v) is 25.4. The van der Waals surface area contributed by atoms with Gasteiger partial charge < -0.3 is 29.0 Å². The van der Waals surface area contributed by atoms with Crippen LogP contribution in [-0.2, 0) is 22.4 Å². The van der Waals surface area contributed by atoms with Gasteiger partial charge in [0.15, 0.2) is 17.6 Å². The van der Waals surface area contributed by atoms with E-state index >= 15 is 0 Å². The van der Waals surface area contributed by atoms with Crippen LogP contribution in [-0.4, -0.2) is 50.0 Å². The molecule has 2 aliphatic heterocycles. The Morgan fingerprint density at radius 1 is 0.976 bits per heavy atom. The lowest BCUT2D eigenvalue weighted by molar-refractivity contribution is -0.160. The van der Waals surface area contributed by atoms with Gasteiger partial charge in [-0.2, -0.15) is 0 Å². The number of benzene rings is 3. The molecule has 2 heterocycles. The van der Waals surface area contributed by atoms with E-state index in [4.69, 9.17) is 18.9 Å². The number of hydrogen-bond donors (Lipinski definition) is 1. The number of carbonyl (C=O) groups is 2. The average molecular weight is 574 g/mol. The van der Waals surface area contributed by atoms with Crippen molar-refractivity contribution in [1.29, 1.82) is 0 Å². The zero-order valence-electron chi connectivity index (χ0n) is 25.4. The summed E-state index contributed by atoms with van der Waals surface area (Å²) < 4.78 is 22.9. The van der Waals surface area contributed by atoms with Crippen LogP contribution in [0.2, 0.25) is 0 Å². The number of anilines is 1. The normalized spacial score (nSPS) is 15.0. The van der Waals surface area contributed by atoms with Crippen LogP contribution >= 0.6 is 0 Å². The molecule has 222 valence electrons. The van der Waals surface area contributed by atoms with E-state index in [1.54, 1.807) is 37.3 Å². The van der Waals surface area contributed by atoms with Gasteiger partial charge in [0, 0.05) is 23.4 Å². The molecule has 0 radical (unpaired) electrons. The summed E-state index contributed by atoms with van der Waals surface area (Å²) in [7, 11) is 3.10. The minimum Gasteiger partial charge on any atom is -0.493 e. The van der Waals surface area contributed by atoms with Crippen LogP contribution in [0.15, 0.2) is 36.4 Å². The Morgan fingerprint density at radius 2 is 1.71 bits per heavy atom. The van der Waals surface area contributed by atoms with E-state index in [2.05, 4.69) is 6.92 Å². The molecule has 5 rings (SSSR count). The maximum absolute atomic E-state index is 13.9. The third-order valence-corrected chi connectivity index (χ3v) is 8.02. The molecule has 0 aromatic heterocycles. The van der Waals surface area contributed by atoms with E-state index < -0.39 is 17.7 Å². The van der Waals surface area contributed by atoms with E-state index in [0.717, 1.165) is 57.7 Å². The Balaban J connectivity index is 1.72. The highest BCUT2D eigenvalue weighted by atomic mass is 16.5. The number of aliphatic carboxylic acids is 1. The first-order valence-corrected chi connectivity index (χ1v) is 14.3. The number of carboxylic acids is 1. The van der Waals surface area contributed by atoms with Gasteiger partial charge in [-0.3, -0.25) is 4.79 Å². The fraction of sp³-hybridized carbons (Fsp3) is 0.412. The monoisotopic (exact) mass is 573 g/mol. The van der Waals surface area contributed by atoms with Crippen LogP contribution < -0.4 is 19.1 Å². The molecule has 0 unspecified atom stereocenters. The topological polar surface area (TPSA) is 94.5 Å². The summed E-state index contributed by atoms with van der Waals surface area (Å²) in [5.74, 6) is 0.683. The highest BCUT2D eigenvalue weighted by Gasteiger charge is 2.37. The number of hydrogen-bond acceptors (Lipinski definition) is 6. The van der Waals surface area contributed by atoms with E-state index in [0.29, 0.717) is 42.2 Å². The fourth-order valence-electron chi connectivity index (χ4n) is 6.14. The second-order valence-electron chi connectivity index (χ2n) is 11.9. The van der Waals surface area contributed by atoms with Crippen molar-refractivity contribution in [3.8, 4) is 28.4 Å². The molecule has 1 amide bonds. The fourth-order valence-corrected chi connectivity index (χ4v) is 6.14. The second kappa shape index (κ2) is 11.3. The standard InChI is InChI=1S/C34H39NO7/c1-19-17-25-24(14-15-35(25)32(36)21-10-12-27(39-6)28(18-21)40-7)30(29(19)31(33(37)38)42-34(3,4)5)23-11-13-26-22(20(23)2)9-8-16-41-26/h10-13,17-18,31H,8-9,14-16H2,1-7H3,(H,37,38)/t31-/m0/s1. The number of rotatable bonds is 7. The summed E-state index contributed by atoms with van der Waals surface area (Å²) in [6.45, 7) is 10.7. The van der Waals surface area contributed by atoms with Crippen molar-refractivity contribution < 1.29 is 33.6 Å². The molecule has 3 aromatic carbocycles. The average Bonchev–Trinajstić information content (AvgIpc) is 3.38. The molecule has 0 fully saturated rings. The lowest BCUT2D eigenvalue weighted by Crippen LogP contribution is -2.29. The van der Waals surface area contributed by atoms with Crippen molar-refractivity contribution in [1.82, 2.24) is 0 Å². The van der Waals surface area contributed by atoms with Crippen LogP contribution in [0.3, 0.4) is 0 Å². The molecule has 2 aliphatic rings. The van der Waals surface area contributed by atoms with E-state index in [1.165, 1.54) is 0 Å². The Morgan fingerprint density at radius 3 is 2.38 bits per heavy atom. The van der Waals surface area contributed by atoms with Crippen LogP contribution in [0.1, 0.15) is 71.5 Å². The molecular weight excluding hydrogens is 534 g/mol. The number of methoxy groups -OCH3 is 2. The molecule has 0 saturated heterocycles. The first-order chi connectivity index (χ1) is 19.9. The molecular formula is C34H39NO7. The van der Waals surface area contributed by atoms with Gasteiger partial charge in [-0.1, -0.05) is 6.07 Å². The third kappa shape index (κ3) is 5.31. The Hall–Kier alpha value is -4.04. The number of amides is 1. The number of ether oxygens (including phenoxy) is 4. The predicted molar refractivity (Wildman–Crippen MR) is 161 cm³/mol. The van der Waals surface area contributed by atoms with Gasteiger partial charge in [0.05, 0.1) is 26.4 Å². The van der Waals surface area contributed by atoms with Crippen molar-refractivity contribution in [3.63, 3.8) is 0 Å². The highest BCUT2D eigenvalue weighted by molar-refractivity contribution is 6.08. The van der Waals surface area contributed by atoms with Crippen LogP contribution in [0.4, 0.5) is 5.69 Å². The molecule has 0 bridgehead atoms. The molecule has 3 aromatic rings. The molecule has 0 aliphatic carbocycles. The second-order valence-corrected chi connectivity index (χ2v) is 11.9. The van der Waals surface area contributed by atoms with Gasteiger partial charge in [-0.15, -0.1) is 0 Å². The number of carbonyl (C=O) groups excluding carboxylic acids is 1. The number of aryl methyl sites for hydroxylation is 1. The number of carboxylic acid groups (broad SMARTS) is 1. The lowest BCUT2D eigenvalue weighted by atomic mass is 9.83. The maximum Gasteiger partial charge on any atom is 0.337 e. The molecule has 1 N–H and O–H groups in total. The summed E-state index contributed by atoms with van der Waals surface area (Å²) in [5, 5.41) is 10.4. The first-order valence-electron chi connectivity index (χ1n) is 14.3. The van der Waals surface area contributed by atoms with Crippen molar-refractivity contribution in [2.45, 2.75) is 65.6 Å². The Bertz CT molecular complexity index is 1550. The molecule has 42 heavy (non-hydrogen) atoms. The molecule has 0 saturated carbocycles. The minimum atomic E-state index is -1.19. The predicted octanol–water partition coefficient (Wildman–Crippen LogP) is 6.46. The van der Waals surface area contributed by atoms with Crippen LogP contribution in [0.25, 0.3) is 11.1 Å². The van der Waals surface area contributed by atoms with E-state index in [1.807, 2.05) is 45.9 Å². The van der Waals surface area contributed by atoms with Crippen LogP contribution in [0, 0.1) is 13.8 Å². The largest absolute Gasteiger partial charge is 0.493 e. The molecule has 1 atom stereocenters. The molecule has 0 spiro atoms. The minimum absolute atomic E-state index is 0.163. The number of fused-ring (bicyclic) bond motifs is 2. The van der Waals surface area contributed by atoms with Gasteiger partial charge in [0.1, 0.15) is 5.75 Å². The summed E-state index contributed by atoms with van der Waals surface area (Å²) in [4.78, 5) is 28.4. The van der Waals surface area contributed by atoms with Gasteiger partial charge in [0.25, 0.3) is 5.91 Å². The smallest absolute Gasteiger partial charge is 0.337 e. The van der Waals surface area contributed by atoms with Crippen LogP contribution in [0.5, 0.6) is 17.2 Å². The van der Waals surface area contributed by atoms with Gasteiger partial charge >= 0.3 is 5.97 Å². The van der Waals surface area contributed by atoms with Crippen molar-refractivity contribution in [2.24, 2.45) is 0 Å². The van der Waals surface area contributed by atoms with E-state index in [-0.39, 0.29) is 5.91 Å². The Kier molecular flexibility index (Phi) is 7.94. The number of nitrogens with zero attached hydrogens (tertiary/aromatic N) is 1. The summed E-state index contributed by atoms with van der Waals surface area (Å²) in [5.41, 5.74) is 6.84. The van der Waals surface area contributed by atoms with E-state index in [9.17, 15) is 14.7 Å². The molecule has 8 nitrogen and oxygen atoms in total. The highest BCUT2D eigenvalue weighted by Crippen LogP contribution is 2.47. The quantitative estimate of drug-likeness (QED) is 0.347. The lowest BCUT2D eigenvalue weighted by Gasteiger charge is -2.30. The maximum atomic E-state index is 13.9. The van der Waals surface area contributed by atoms with Gasteiger partial charge in [-0.05, 0) is 118 Å². The summed E-state index contributed by atoms with van der Waals surface area (Å²) in [6.07, 6.45) is 1.20. The van der Waals surface area contributed by atoms with Gasteiger partial charge in [0.2, 0.25) is 0 Å². The van der Waals surface area contributed by atoms with Crippen molar-refractivity contribution in [3.05, 3.63) is 69.8 Å². The zero-order chi connectivity index (χ0) is 30.3. The van der Waals surface area contributed by atoms with Gasteiger partial charge in [-0.25, -0.2) is 4.79 Å². The van der Waals surface area contributed by atoms with Crippen molar-refractivity contribution in [2.75, 3.05) is 32.3 Å². The molecule has 8 heteroatoms. The third-order valence-electron chi connectivity index (χ3n) is 8.02. The summed E-state index contributed by atoms with van der Waals surface area (Å²) in [6, 6.07) is 11.1. The van der Waals surface area contributed by atoms with Crippen molar-refractivity contribution >= 4 is 17.6 Å². The first kappa shape index (κ1) is 29.5. The SMILES string of the molecule is COc1ccc(C(=O)N2CCc3c2cc(C)c([C@H](OC(C)(C)C)C(=O)O)c3-c2ccc3c(c2C)CCCO3)cc1OC. The summed E-state index contributed by atoms with van der Waals surface area (Å²) >= 11 is 0. The Labute approximate surface area is 247 Å².